The van der Waals surface area contributed by atoms with Gasteiger partial charge in [-0.25, -0.2) is 4.98 Å². The number of fused-ring (bicyclic) bond motifs is 2. The normalized spacial score (nSPS) is 15.8. The topological polar surface area (TPSA) is 73.1 Å². The molecule has 4 heterocycles. The van der Waals surface area contributed by atoms with Crippen molar-refractivity contribution in [2.45, 2.75) is 23.4 Å². The zero-order valence-electron chi connectivity index (χ0n) is 19.5. The zero-order valence-corrected chi connectivity index (χ0v) is 22.0. The molecule has 0 spiro atoms. The minimum atomic E-state index is -0.253. The summed E-state index contributed by atoms with van der Waals surface area (Å²) in [6.45, 7) is 2.39. The molecule has 0 N–H and O–H groups in total. The second kappa shape index (κ2) is 9.70. The highest BCUT2D eigenvalue weighted by molar-refractivity contribution is 8.26. The van der Waals surface area contributed by atoms with Crippen molar-refractivity contribution in [1.29, 1.82) is 0 Å². The molecule has 2 aliphatic rings. The second-order valence-electron chi connectivity index (χ2n) is 8.44. The van der Waals surface area contributed by atoms with Crippen molar-refractivity contribution in [2.75, 3.05) is 6.79 Å². The number of rotatable bonds is 5. The summed E-state index contributed by atoms with van der Waals surface area (Å²) in [5, 5.41) is 0.529. The van der Waals surface area contributed by atoms with Gasteiger partial charge in [0, 0.05) is 11.1 Å². The summed E-state index contributed by atoms with van der Waals surface area (Å²) in [5.41, 5.74) is 2.45. The van der Waals surface area contributed by atoms with E-state index < -0.39 is 0 Å². The van der Waals surface area contributed by atoms with E-state index >= 15 is 0 Å². The van der Waals surface area contributed by atoms with Crippen LogP contribution in [-0.4, -0.2) is 31.3 Å². The number of thiocarbonyl (C=S) groups is 1. The summed E-state index contributed by atoms with van der Waals surface area (Å²) in [4.78, 5) is 34.7. The molecule has 0 aliphatic carbocycles. The maximum absolute atomic E-state index is 13.6. The Kier molecular flexibility index (Phi) is 6.23. The Morgan fingerprint density at radius 1 is 1.08 bits per heavy atom. The van der Waals surface area contributed by atoms with Gasteiger partial charge in [0.05, 0.1) is 17.0 Å². The van der Waals surface area contributed by atoms with Crippen molar-refractivity contribution in [2.24, 2.45) is 0 Å². The van der Waals surface area contributed by atoms with E-state index in [-0.39, 0.29) is 18.3 Å². The molecule has 2 aromatic carbocycles. The Balaban J connectivity index is 1.38. The summed E-state index contributed by atoms with van der Waals surface area (Å²) in [5.74, 6) is 1.07. The van der Waals surface area contributed by atoms with E-state index in [0.29, 0.717) is 43.5 Å². The van der Waals surface area contributed by atoms with Gasteiger partial charge in [0.15, 0.2) is 11.5 Å². The van der Waals surface area contributed by atoms with Crippen LogP contribution in [0.15, 0.2) is 86.5 Å². The number of hydrogen-bond donors (Lipinski definition) is 0. The molecule has 2 aliphatic heterocycles. The SMILES string of the molecule is Cc1ccc2nc(Sc3ccccc3)c(C=C3SC(=S)N(Cc4ccc5c(c4)OCO5)C3=O)c(=O)n2c1. The zero-order chi connectivity index (χ0) is 25.5. The van der Waals surface area contributed by atoms with Crippen LogP contribution < -0.4 is 15.0 Å². The number of ether oxygens (including phenoxy) is 2. The molecule has 0 radical (unpaired) electrons. The Bertz CT molecular complexity index is 1670. The highest BCUT2D eigenvalue weighted by Gasteiger charge is 2.33. The average molecular weight is 546 g/mol. The first kappa shape index (κ1) is 23.8. The first-order valence-corrected chi connectivity index (χ1v) is 13.4. The number of thioether (sulfide) groups is 1. The predicted molar refractivity (Wildman–Crippen MR) is 148 cm³/mol. The summed E-state index contributed by atoms with van der Waals surface area (Å²) < 4.78 is 12.8. The quantitative estimate of drug-likeness (QED) is 0.190. The number of aromatic nitrogens is 2. The van der Waals surface area contributed by atoms with Crippen LogP contribution >= 0.6 is 35.7 Å². The van der Waals surface area contributed by atoms with Gasteiger partial charge >= 0.3 is 0 Å². The first-order valence-electron chi connectivity index (χ1n) is 11.4. The first-order chi connectivity index (χ1) is 18.0. The van der Waals surface area contributed by atoms with Crippen LogP contribution in [0.4, 0.5) is 0 Å². The number of hydrogen-bond acceptors (Lipinski definition) is 8. The van der Waals surface area contributed by atoms with Gasteiger partial charge in [-0.1, -0.05) is 66.1 Å². The van der Waals surface area contributed by atoms with Crippen molar-refractivity contribution in [1.82, 2.24) is 14.3 Å². The molecule has 0 unspecified atom stereocenters. The van der Waals surface area contributed by atoms with Crippen LogP contribution in [0, 0.1) is 6.92 Å². The third kappa shape index (κ3) is 4.63. The molecule has 0 atom stereocenters. The monoisotopic (exact) mass is 545 g/mol. The van der Waals surface area contributed by atoms with Crippen LogP contribution in [0.5, 0.6) is 11.5 Å². The molecule has 0 saturated carbocycles. The molecule has 6 rings (SSSR count). The fourth-order valence-electron chi connectivity index (χ4n) is 4.03. The summed E-state index contributed by atoms with van der Waals surface area (Å²) >= 11 is 8.11. The molecule has 2 aromatic heterocycles. The highest BCUT2D eigenvalue weighted by Crippen LogP contribution is 2.37. The summed E-state index contributed by atoms with van der Waals surface area (Å²) in [7, 11) is 0. The number of amides is 1. The maximum atomic E-state index is 13.6. The predicted octanol–water partition coefficient (Wildman–Crippen LogP) is 5.28. The van der Waals surface area contributed by atoms with Gasteiger partial charge in [-0.2, -0.15) is 0 Å². The van der Waals surface area contributed by atoms with Crippen molar-refractivity contribution >= 4 is 57.7 Å². The Labute approximate surface area is 226 Å². The minimum Gasteiger partial charge on any atom is -0.454 e. The number of carbonyl (C=O) groups is 1. The number of pyridine rings is 1. The van der Waals surface area contributed by atoms with E-state index in [1.807, 2.05) is 67.6 Å². The lowest BCUT2D eigenvalue weighted by atomic mass is 10.2. The van der Waals surface area contributed by atoms with Crippen LogP contribution in [0.2, 0.25) is 0 Å². The molecule has 10 heteroatoms. The Morgan fingerprint density at radius 2 is 1.89 bits per heavy atom. The molecule has 1 fully saturated rings. The summed E-state index contributed by atoms with van der Waals surface area (Å²) in [6.07, 6.45) is 3.37. The van der Waals surface area contributed by atoms with Crippen LogP contribution in [0.3, 0.4) is 0 Å². The van der Waals surface area contributed by atoms with Gasteiger partial charge < -0.3 is 9.47 Å². The third-order valence-corrected chi connectivity index (χ3v) is 8.25. The smallest absolute Gasteiger partial charge is 0.266 e. The molecular formula is C27H19N3O4S3. The molecule has 184 valence electrons. The lowest BCUT2D eigenvalue weighted by Crippen LogP contribution is -2.27. The average Bonchev–Trinajstić information content (AvgIpc) is 3.47. The Morgan fingerprint density at radius 3 is 2.73 bits per heavy atom. The molecule has 7 nitrogen and oxygen atoms in total. The lowest BCUT2D eigenvalue weighted by molar-refractivity contribution is -0.122. The van der Waals surface area contributed by atoms with E-state index in [4.69, 9.17) is 26.7 Å². The molecular weight excluding hydrogens is 527 g/mol. The van der Waals surface area contributed by atoms with Gasteiger partial charge in [-0.05, 0) is 54.5 Å². The van der Waals surface area contributed by atoms with Crippen LogP contribution in [0.1, 0.15) is 16.7 Å². The summed E-state index contributed by atoms with van der Waals surface area (Å²) in [6, 6.07) is 19.0. The highest BCUT2D eigenvalue weighted by atomic mass is 32.2. The number of carbonyl (C=O) groups excluding carboxylic acids is 1. The van der Waals surface area contributed by atoms with Gasteiger partial charge in [-0.15, -0.1) is 0 Å². The second-order valence-corrected chi connectivity index (χ2v) is 11.2. The van der Waals surface area contributed by atoms with Crippen molar-refractivity contribution in [3.63, 3.8) is 0 Å². The van der Waals surface area contributed by atoms with Crippen molar-refractivity contribution in [3.05, 3.63) is 98.8 Å². The number of nitrogens with zero attached hydrogens (tertiary/aromatic N) is 3. The van der Waals surface area contributed by atoms with Gasteiger partial charge in [-0.3, -0.25) is 18.9 Å². The molecule has 1 saturated heterocycles. The van der Waals surface area contributed by atoms with Crippen molar-refractivity contribution in [3.8, 4) is 11.5 Å². The van der Waals surface area contributed by atoms with Gasteiger partial charge in [0.2, 0.25) is 6.79 Å². The number of aryl methyl sites for hydroxylation is 1. The van der Waals surface area contributed by atoms with E-state index in [0.717, 1.165) is 16.0 Å². The standard InChI is InChI=1S/C27H19N3O4S3/c1-16-7-10-23-28-24(36-18-5-3-2-4-6-18)19(25(31)29(23)13-16)12-22-26(32)30(27(35)37-22)14-17-8-9-20-21(11-17)34-15-33-20/h2-13H,14-15H2,1H3. The molecule has 0 bridgehead atoms. The van der Waals surface area contributed by atoms with Crippen molar-refractivity contribution < 1.29 is 14.3 Å². The third-order valence-electron chi connectivity index (χ3n) is 5.85. The van der Waals surface area contributed by atoms with Crippen LogP contribution in [-0.2, 0) is 11.3 Å². The molecule has 4 aromatic rings. The fraction of sp³-hybridized carbons (Fsp3) is 0.111. The number of benzene rings is 2. The molecule has 1 amide bonds. The molecule has 37 heavy (non-hydrogen) atoms. The largest absolute Gasteiger partial charge is 0.454 e. The van der Waals surface area contributed by atoms with E-state index in [9.17, 15) is 9.59 Å². The lowest BCUT2D eigenvalue weighted by Gasteiger charge is -2.14. The Hall–Kier alpha value is -3.60. The van der Waals surface area contributed by atoms with Gasteiger partial charge in [0.1, 0.15) is 15.0 Å². The van der Waals surface area contributed by atoms with Gasteiger partial charge in [0.25, 0.3) is 11.5 Å². The fourth-order valence-corrected chi connectivity index (χ4v) is 6.18. The van der Waals surface area contributed by atoms with E-state index in [1.165, 1.54) is 32.8 Å². The van der Waals surface area contributed by atoms with E-state index in [1.54, 1.807) is 12.3 Å². The van der Waals surface area contributed by atoms with E-state index in [2.05, 4.69) is 0 Å². The van der Waals surface area contributed by atoms with Crippen LogP contribution in [0.25, 0.3) is 11.7 Å². The maximum Gasteiger partial charge on any atom is 0.266 e. The minimum absolute atomic E-state index is 0.181.